The zero-order valence-electron chi connectivity index (χ0n) is 12.0. The summed E-state index contributed by atoms with van der Waals surface area (Å²) in [6.07, 6.45) is 0. The summed E-state index contributed by atoms with van der Waals surface area (Å²) >= 11 is 5.92. The van der Waals surface area contributed by atoms with Gasteiger partial charge in [0, 0.05) is 16.1 Å². The molecule has 0 atom stereocenters. The van der Waals surface area contributed by atoms with Gasteiger partial charge in [-0.25, -0.2) is 14.6 Å². The lowest BCUT2D eigenvalue weighted by Crippen LogP contribution is -2.12. The highest BCUT2D eigenvalue weighted by Crippen LogP contribution is 2.35. The first-order chi connectivity index (χ1) is 10.5. The predicted molar refractivity (Wildman–Crippen MR) is 79.9 cm³/mol. The summed E-state index contributed by atoms with van der Waals surface area (Å²) in [5.74, 6) is -0.984. The molecule has 22 heavy (non-hydrogen) atoms. The maximum Gasteiger partial charge on any atom is 0.357 e. The Morgan fingerprint density at radius 1 is 1.32 bits per heavy atom. The van der Waals surface area contributed by atoms with Crippen LogP contribution in [0.15, 0.2) is 24.3 Å². The van der Waals surface area contributed by atoms with Crippen LogP contribution in [-0.2, 0) is 16.1 Å². The van der Waals surface area contributed by atoms with Crippen LogP contribution in [0.4, 0.5) is 0 Å². The molecule has 0 aliphatic carbocycles. The van der Waals surface area contributed by atoms with Gasteiger partial charge < -0.3 is 9.47 Å². The van der Waals surface area contributed by atoms with E-state index in [-0.39, 0.29) is 12.3 Å². The van der Waals surface area contributed by atoms with E-state index in [1.807, 2.05) is 0 Å². The quantitative estimate of drug-likeness (QED) is 0.796. The summed E-state index contributed by atoms with van der Waals surface area (Å²) in [5, 5.41) is 0.582. The number of carbonyl (C=O) groups excluding carboxylic acids is 2. The van der Waals surface area contributed by atoms with E-state index in [1.165, 1.54) is 7.11 Å². The molecule has 0 saturated carbocycles. The van der Waals surface area contributed by atoms with E-state index >= 15 is 0 Å². The number of carbonyl (C=O) groups is 2. The lowest BCUT2D eigenvalue weighted by Gasteiger charge is -2.14. The molecule has 1 aliphatic heterocycles. The van der Waals surface area contributed by atoms with Crippen LogP contribution in [0.25, 0.3) is 11.1 Å². The van der Waals surface area contributed by atoms with Crippen LogP contribution in [0.3, 0.4) is 0 Å². The Kier molecular flexibility index (Phi) is 3.58. The molecule has 2 heterocycles. The number of rotatable bonds is 2. The second-order valence-corrected chi connectivity index (χ2v) is 5.29. The standard InChI is InChI=1S/C16H12ClNO4/c1-8-12(15(19)21-2)13(9-3-5-10(17)6-4-9)11-7-22-16(20)14(11)18-8/h3-6H,7H2,1-2H3. The third-order valence-electron chi connectivity index (χ3n) is 3.54. The monoisotopic (exact) mass is 317 g/mol. The SMILES string of the molecule is COC(=O)c1c(C)nc2c(c1-c1ccc(Cl)cc1)COC2=O. The molecular weight excluding hydrogens is 306 g/mol. The molecule has 1 aromatic carbocycles. The van der Waals surface area contributed by atoms with Gasteiger partial charge >= 0.3 is 11.9 Å². The first-order valence-electron chi connectivity index (χ1n) is 6.57. The van der Waals surface area contributed by atoms with E-state index in [1.54, 1.807) is 31.2 Å². The third-order valence-corrected chi connectivity index (χ3v) is 3.79. The van der Waals surface area contributed by atoms with Gasteiger partial charge in [-0.05, 0) is 24.6 Å². The molecule has 0 radical (unpaired) electrons. The van der Waals surface area contributed by atoms with Crippen LogP contribution >= 0.6 is 11.6 Å². The number of cyclic esters (lactones) is 1. The highest BCUT2D eigenvalue weighted by Gasteiger charge is 2.31. The first-order valence-corrected chi connectivity index (χ1v) is 6.95. The first kappa shape index (κ1) is 14.5. The Morgan fingerprint density at radius 2 is 2.00 bits per heavy atom. The number of halogens is 1. The van der Waals surface area contributed by atoms with Gasteiger partial charge in [0.05, 0.1) is 18.4 Å². The molecule has 0 spiro atoms. The molecule has 1 aliphatic rings. The van der Waals surface area contributed by atoms with Crippen LogP contribution in [-0.4, -0.2) is 24.0 Å². The molecule has 0 amide bonds. The molecule has 6 heteroatoms. The van der Waals surface area contributed by atoms with Crippen LogP contribution < -0.4 is 0 Å². The van der Waals surface area contributed by atoms with Gasteiger partial charge in [-0.3, -0.25) is 0 Å². The second kappa shape index (κ2) is 5.42. The largest absolute Gasteiger partial charge is 0.465 e. The van der Waals surface area contributed by atoms with Crippen molar-refractivity contribution < 1.29 is 19.1 Å². The molecule has 0 fully saturated rings. The van der Waals surface area contributed by atoms with Gasteiger partial charge in [-0.1, -0.05) is 23.7 Å². The van der Waals surface area contributed by atoms with E-state index in [0.29, 0.717) is 27.4 Å². The number of aryl methyl sites for hydroxylation is 1. The van der Waals surface area contributed by atoms with Crippen molar-refractivity contribution in [2.75, 3.05) is 7.11 Å². The highest BCUT2D eigenvalue weighted by atomic mass is 35.5. The number of fused-ring (bicyclic) bond motifs is 1. The molecule has 3 rings (SSSR count). The third kappa shape index (κ3) is 2.23. The van der Waals surface area contributed by atoms with Crippen molar-refractivity contribution in [2.45, 2.75) is 13.5 Å². The maximum atomic E-state index is 12.2. The fourth-order valence-electron chi connectivity index (χ4n) is 2.54. The minimum absolute atomic E-state index is 0.0867. The second-order valence-electron chi connectivity index (χ2n) is 4.85. The number of ether oxygens (including phenoxy) is 2. The number of hydrogen-bond donors (Lipinski definition) is 0. The van der Waals surface area contributed by atoms with Crippen LogP contribution in [0.1, 0.15) is 32.1 Å². The molecule has 0 bridgehead atoms. The molecule has 0 N–H and O–H groups in total. The fraction of sp³-hybridized carbons (Fsp3) is 0.188. The van der Waals surface area contributed by atoms with Crippen LogP contribution in [0.2, 0.25) is 5.02 Å². The summed E-state index contributed by atoms with van der Waals surface area (Å²) in [5.41, 5.74) is 2.96. The Hall–Kier alpha value is -2.40. The van der Waals surface area contributed by atoms with Crippen molar-refractivity contribution in [3.8, 4) is 11.1 Å². The van der Waals surface area contributed by atoms with Crippen molar-refractivity contribution in [1.29, 1.82) is 0 Å². The molecule has 1 aromatic heterocycles. The van der Waals surface area contributed by atoms with Crippen molar-refractivity contribution in [2.24, 2.45) is 0 Å². The topological polar surface area (TPSA) is 65.5 Å². The zero-order chi connectivity index (χ0) is 15.9. The van der Waals surface area contributed by atoms with Gasteiger partial charge in [0.1, 0.15) is 6.61 Å². The minimum Gasteiger partial charge on any atom is -0.465 e. The summed E-state index contributed by atoms with van der Waals surface area (Å²) in [4.78, 5) is 28.2. The number of methoxy groups -OCH3 is 1. The van der Waals surface area contributed by atoms with E-state index in [0.717, 1.165) is 5.56 Å². The van der Waals surface area contributed by atoms with E-state index in [2.05, 4.69) is 4.98 Å². The summed E-state index contributed by atoms with van der Waals surface area (Å²) in [6, 6.07) is 7.01. The minimum atomic E-state index is -0.503. The summed E-state index contributed by atoms with van der Waals surface area (Å²) in [7, 11) is 1.31. The molecule has 0 saturated heterocycles. The van der Waals surface area contributed by atoms with Crippen molar-refractivity contribution in [1.82, 2.24) is 4.98 Å². The van der Waals surface area contributed by atoms with Gasteiger partial charge in [0.25, 0.3) is 0 Å². The van der Waals surface area contributed by atoms with Crippen molar-refractivity contribution in [3.05, 3.63) is 51.8 Å². The predicted octanol–water partition coefficient (Wildman–Crippen LogP) is 3.17. The normalized spacial score (nSPS) is 12.8. The van der Waals surface area contributed by atoms with Gasteiger partial charge in [0.15, 0.2) is 5.69 Å². The maximum absolute atomic E-state index is 12.2. The number of pyridine rings is 1. The average molecular weight is 318 g/mol. The van der Waals surface area contributed by atoms with Crippen molar-refractivity contribution >= 4 is 23.5 Å². The average Bonchev–Trinajstić information content (AvgIpc) is 2.87. The summed E-state index contributed by atoms with van der Waals surface area (Å²) < 4.78 is 9.91. The van der Waals surface area contributed by atoms with Gasteiger partial charge in [0.2, 0.25) is 0 Å². The molecule has 0 unspecified atom stereocenters. The fourth-order valence-corrected chi connectivity index (χ4v) is 2.67. The van der Waals surface area contributed by atoms with E-state index in [4.69, 9.17) is 21.1 Å². The van der Waals surface area contributed by atoms with E-state index in [9.17, 15) is 9.59 Å². The van der Waals surface area contributed by atoms with Gasteiger partial charge in [-0.2, -0.15) is 0 Å². The van der Waals surface area contributed by atoms with E-state index < -0.39 is 11.9 Å². The van der Waals surface area contributed by atoms with Crippen LogP contribution in [0.5, 0.6) is 0 Å². The Morgan fingerprint density at radius 3 is 2.64 bits per heavy atom. The van der Waals surface area contributed by atoms with Crippen molar-refractivity contribution in [3.63, 3.8) is 0 Å². The molecule has 2 aromatic rings. The number of hydrogen-bond acceptors (Lipinski definition) is 5. The Bertz CT molecular complexity index is 784. The lowest BCUT2D eigenvalue weighted by atomic mass is 9.93. The number of nitrogens with zero attached hydrogens (tertiary/aromatic N) is 1. The van der Waals surface area contributed by atoms with Gasteiger partial charge in [-0.15, -0.1) is 0 Å². The number of esters is 2. The Labute approximate surface area is 131 Å². The lowest BCUT2D eigenvalue weighted by molar-refractivity contribution is 0.0530. The molecule has 112 valence electrons. The summed E-state index contributed by atoms with van der Waals surface area (Å²) in [6.45, 7) is 1.75. The number of benzene rings is 1. The number of aromatic nitrogens is 1. The zero-order valence-corrected chi connectivity index (χ0v) is 12.7. The molecule has 5 nitrogen and oxygen atoms in total. The van der Waals surface area contributed by atoms with Crippen LogP contribution in [0, 0.1) is 6.92 Å². The highest BCUT2D eigenvalue weighted by molar-refractivity contribution is 6.30. The molecular formula is C16H12ClNO4. The Balaban J connectivity index is 2.34. The smallest absolute Gasteiger partial charge is 0.357 e.